The van der Waals surface area contributed by atoms with Crippen molar-refractivity contribution < 1.29 is 13.6 Å². The Hall–Kier alpha value is -2.34. The lowest BCUT2D eigenvalue weighted by atomic mass is 10.1. The highest BCUT2D eigenvalue weighted by Gasteiger charge is 2.20. The molecule has 100 valence electrons. The van der Waals surface area contributed by atoms with Crippen LogP contribution in [0.3, 0.4) is 0 Å². The molecule has 1 aromatic carbocycles. The van der Waals surface area contributed by atoms with Crippen LogP contribution in [0.2, 0.25) is 0 Å². The summed E-state index contributed by atoms with van der Waals surface area (Å²) in [5.74, 6) is 0.0968. The molecule has 0 unspecified atom stereocenters. The summed E-state index contributed by atoms with van der Waals surface area (Å²) in [5, 5.41) is 0.210. The molecule has 0 bridgehead atoms. The van der Waals surface area contributed by atoms with Gasteiger partial charge in [0.15, 0.2) is 5.17 Å². The number of furan rings is 1. The molecule has 4 nitrogen and oxygen atoms in total. The van der Waals surface area contributed by atoms with Gasteiger partial charge in [-0.25, -0.2) is 4.39 Å². The van der Waals surface area contributed by atoms with Crippen LogP contribution >= 0.6 is 11.8 Å². The SMILES string of the molecule is NC1=NC(=O)C(=Cc2ccc(-c3ccccc3F)o2)S1. The van der Waals surface area contributed by atoms with Crippen LogP contribution in [0.15, 0.2) is 50.7 Å². The number of hydrogen-bond donors (Lipinski definition) is 1. The third-order valence-corrected chi connectivity index (χ3v) is 3.49. The van der Waals surface area contributed by atoms with Gasteiger partial charge in [0, 0.05) is 6.08 Å². The lowest BCUT2D eigenvalue weighted by Crippen LogP contribution is -2.01. The monoisotopic (exact) mass is 288 g/mol. The molecule has 0 spiro atoms. The van der Waals surface area contributed by atoms with Crippen molar-refractivity contribution >= 4 is 28.9 Å². The number of hydrogen-bond acceptors (Lipinski definition) is 4. The second-order valence-corrected chi connectivity index (χ2v) is 5.11. The predicted octanol–water partition coefficient (Wildman–Crippen LogP) is 3.01. The number of carbonyl (C=O) groups is 1. The summed E-state index contributed by atoms with van der Waals surface area (Å²) in [6, 6.07) is 9.64. The fourth-order valence-electron chi connectivity index (χ4n) is 1.79. The lowest BCUT2D eigenvalue weighted by Gasteiger charge is -1.98. The maximum Gasteiger partial charge on any atom is 0.286 e. The zero-order chi connectivity index (χ0) is 14.1. The second-order valence-electron chi connectivity index (χ2n) is 4.05. The Labute approximate surface area is 118 Å². The molecule has 0 radical (unpaired) electrons. The Kier molecular flexibility index (Phi) is 3.15. The van der Waals surface area contributed by atoms with Crippen molar-refractivity contribution in [2.45, 2.75) is 0 Å². The number of nitrogens with two attached hydrogens (primary N) is 1. The van der Waals surface area contributed by atoms with Gasteiger partial charge in [0.1, 0.15) is 17.3 Å². The lowest BCUT2D eigenvalue weighted by molar-refractivity contribution is -0.113. The number of nitrogens with zero attached hydrogens (tertiary/aromatic N) is 1. The molecule has 0 fully saturated rings. The molecule has 2 N–H and O–H groups in total. The molecule has 2 aromatic rings. The normalized spacial score (nSPS) is 16.8. The fraction of sp³-hybridized carbons (Fsp3) is 0. The highest BCUT2D eigenvalue weighted by Crippen LogP contribution is 2.29. The molecule has 0 atom stereocenters. The van der Waals surface area contributed by atoms with Crippen LogP contribution < -0.4 is 5.73 Å². The molecule has 1 aliphatic heterocycles. The minimum atomic E-state index is -0.392. The predicted molar refractivity (Wildman–Crippen MR) is 76.3 cm³/mol. The number of halogens is 1. The Morgan fingerprint density at radius 1 is 1.25 bits per heavy atom. The van der Waals surface area contributed by atoms with E-state index >= 15 is 0 Å². The van der Waals surface area contributed by atoms with Crippen molar-refractivity contribution in [1.82, 2.24) is 0 Å². The largest absolute Gasteiger partial charge is 0.457 e. The van der Waals surface area contributed by atoms with Gasteiger partial charge >= 0.3 is 0 Å². The molecule has 0 saturated carbocycles. The molecule has 1 amide bonds. The fourth-order valence-corrected chi connectivity index (χ4v) is 2.45. The molecule has 1 aliphatic rings. The zero-order valence-electron chi connectivity index (χ0n) is 10.2. The molecule has 3 rings (SSSR count). The van der Waals surface area contributed by atoms with Gasteiger partial charge < -0.3 is 10.2 Å². The molecule has 0 saturated heterocycles. The van der Waals surface area contributed by atoms with Crippen LogP contribution in [0, 0.1) is 5.82 Å². The van der Waals surface area contributed by atoms with Crippen molar-refractivity contribution in [2.24, 2.45) is 10.7 Å². The second kappa shape index (κ2) is 4.97. The van der Waals surface area contributed by atoms with Crippen LogP contribution in [0.25, 0.3) is 17.4 Å². The molecule has 0 aliphatic carbocycles. The summed E-state index contributed by atoms with van der Waals surface area (Å²) < 4.78 is 19.2. The van der Waals surface area contributed by atoms with E-state index in [0.717, 1.165) is 11.8 Å². The van der Waals surface area contributed by atoms with Crippen LogP contribution in [0.4, 0.5) is 4.39 Å². The average Bonchev–Trinajstić information content (AvgIpc) is 2.98. The van der Waals surface area contributed by atoms with E-state index < -0.39 is 5.91 Å². The number of amides is 1. The Morgan fingerprint density at radius 2 is 2.05 bits per heavy atom. The van der Waals surface area contributed by atoms with E-state index in [-0.39, 0.29) is 11.0 Å². The Balaban J connectivity index is 1.91. The number of thioether (sulfide) groups is 1. The highest BCUT2D eigenvalue weighted by atomic mass is 32.2. The van der Waals surface area contributed by atoms with Crippen molar-refractivity contribution in [1.29, 1.82) is 0 Å². The summed E-state index contributed by atoms with van der Waals surface area (Å²) in [6.45, 7) is 0. The first-order chi connectivity index (χ1) is 9.63. The highest BCUT2D eigenvalue weighted by molar-refractivity contribution is 8.18. The number of carbonyl (C=O) groups excluding carboxylic acids is 1. The standard InChI is InChI=1S/C14H9FN2O2S/c15-10-4-2-1-3-9(10)11-6-5-8(19-11)7-12-13(18)17-14(16)20-12/h1-7H,(H2,16,17,18). The molecule has 2 heterocycles. The summed E-state index contributed by atoms with van der Waals surface area (Å²) in [6.07, 6.45) is 1.54. The first-order valence-electron chi connectivity index (χ1n) is 5.76. The van der Waals surface area contributed by atoms with Crippen LogP contribution in [-0.4, -0.2) is 11.1 Å². The van der Waals surface area contributed by atoms with Crippen molar-refractivity contribution in [2.75, 3.05) is 0 Å². The topological polar surface area (TPSA) is 68.6 Å². The van der Waals surface area contributed by atoms with Gasteiger partial charge in [0.25, 0.3) is 5.91 Å². The minimum Gasteiger partial charge on any atom is -0.457 e. The van der Waals surface area contributed by atoms with Crippen molar-refractivity contribution in [3.63, 3.8) is 0 Å². The quantitative estimate of drug-likeness (QED) is 0.862. The Bertz CT molecular complexity index is 749. The summed E-state index contributed by atoms with van der Waals surface area (Å²) >= 11 is 1.08. The molecular weight excluding hydrogens is 279 g/mol. The molecule has 1 aromatic heterocycles. The summed E-state index contributed by atoms with van der Waals surface area (Å²) in [4.78, 5) is 15.4. The van der Waals surface area contributed by atoms with Gasteiger partial charge in [-0.2, -0.15) is 4.99 Å². The maximum atomic E-state index is 13.6. The first-order valence-corrected chi connectivity index (χ1v) is 6.58. The van der Waals surface area contributed by atoms with Crippen LogP contribution in [0.5, 0.6) is 0 Å². The van der Waals surface area contributed by atoms with Gasteiger partial charge in [-0.3, -0.25) is 4.79 Å². The van der Waals surface area contributed by atoms with Gasteiger partial charge in [-0.05, 0) is 36.0 Å². The number of benzene rings is 1. The Morgan fingerprint density at radius 3 is 2.75 bits per heavy atom. The maximum absolute atomic E-state index is 13.6. The number of amidine groups is 1. The van der Waals surface area contributed by atoms with Crippen LogP contribution in [-0.2, 0) is 4.79 Å². The van der Waals surface area contributed by atoms with E-state index in [4.69, 9.17) is 10.2 Å². The van der Waals surface area contributed by atoms with E-state index in [1.807, 2.05) is 0 Å². The van der Waals surface area contributed by atoms with E-state index in [9.17, 15) is 9.18 Å². The van der Waals surface area contributed by atoms with Crippen molar-refractivity contribution in [3.8, 4) is 11.3 Å². The smallest absolute Gasteiger partial charge is 0.286 e. The first kappa shape index (κ1) is 12.7. The van der Waals surface area contributed by atoms with Crippen LogP contribution in [0.1, 0.15) is 5.76 Å². The summed E-state index contributed by atoms with van der Waals surface area (Å²) in [7, 11) is 0. The molecule has 20 heavy (non-hydrogen) atoms. The van der Waals surface area contributed by atoms with Gasteiger partial charge in [0.05, 0.1) is 10.5 Å². The van der Waals surface area contributed by atoms with Crippen molar-refractivity contribution in [3.05, 3.63) is 52.9 Å². The zero-order valence-corrected chi connectivity index (χ0v) is 11.0. The van der Waals surface area contributed by atoms with E-state index in [1.54, 1.807) is 36.4 Å². The molecular formula is C14H9FN2O2S. The minimum absolute atomic E-state index is 0.210. The van der Waals surface area contributed by atoms with Gasteiger partial charge in [-0.1, -0.05) is 12.1 Å². The average molecular weight is 288 g/mol. The third-order valence-electron chi connectivity index (χ3n) is 2.68. The van der Waals surface area contributed by atoms with E-state index in [1.165, 1.54) is 6.07 Å². The number of rotatable bonds is 2. The van der Waals surface area contributed by atoms with E-state index in [2.05, 4.69) is 4.99 Å². The van der Waals surface area contributed by atoms with E-state index in [0.29, 0.717) is 22.0 Å². The molecule has 6 heteroatoms. The summed E-state index contributed by atoms with van der Waals surface area (Å²) in [5.41, 5.74) is 5.83. The van der Waals surface area contributed by atoms with Gasteiger partial charge in [-0.15, -0.1) is 0 Å². The number of aliphatic imine (C=N–C) groups is 1. The third kappa shape index (κ3) is 2.37. The van der Waals surface area contributed by atoms with Gasteiger partial charge in [0.2, 0.25) is 0 Å².